The first-order valence-electron chi connectivity index (χ1n) is 7.72. The Labute approximate surface area is 149 Å². The molecule has 0 radical (unpaired) electrons. The lowest BCUT2D eigenvalue weighted by atomic mass is 10.2. The van der Waals surface area contributed by atoms with Crippen LogP contribution >= 0.6 is 0 Å². The van der Waals surface area contributed by atoms with Gasteiger partial charge in [0.05, 0.1) is 12.1 Å². The summed E-state index contributed by atoms with van der Waals surface area (Å²) in [6, 6.07) is 13.9. The minimum atomic E-state index is -4.41. The fraction of sp³-hybridized carbons (Fsp3) is 0.150. The van der Waals surface area contributed by atoms with Crippen molar-refractivity contribution in [2.45, 2.75) is 6.18 Å². The standard InChI is InChI=1S/C20H16F3NO2/c21-20(22,23)17-9-6-10-18(15-17)26-14-5-4-13-24-19(25)12-11-16-7-2-1-3-8-16/h1-3,6-12,15H,13-14H2,(H,24,25)/b12-11+. The maximum Gasteiger partial charge on any atom is 0.416 e. The first-order valence-corrected chi connectivity index (χ1v) is 7.72. The molecule has 134 valence electrons. The van der Waals surface area contributed by atoms with Crippen LogP contribution in [0, 0.1) is 11.8 Å². The van der Waals surface area contributed by atoms with Gasteiger partial charge >= 0.3 is 6.18 Å². The summed E-state index contributed by atoms with van der Waals surface area (Å²) in [6.45, 7) is 0.0426. The summed E-state index contributed by atoms with van der Waals surface area (Å²) in [6.07, 6.45) is -1.34. The molecule has 6 heteroatoms. The third-order valence-electron chi connectivity index (χ3n) is 3.18. The Morgan fingerprint density at radius 1 is 1.08 bits per heavy atom. The minimum Gasteiger partial charge on any atom is -0.481 e. The molecule has 0 unspecified atom stereocenters. The smallest absolute Gasteiger partial charge is 0.416 e. The quantitative estimate of drug-likeness (QED) is 0.649. The monoisotopic (exact) mass is 359 g/mol. The number of rotatable bonds is 5. The maximum absolute atomic E-state index is 12.6. The lowest BCUT2D eigenvalue weighted by molar-refractivity contribution is -0.137. The molecule has 26 heavy (non-hydrogen) atoms. The summed E-state index contributed by atoms with van der Waals surface area (Å²) in [7, 11) is 0. The molecule has 0 fully saturated rings. The van der Waals surface area contributed by atoms with Crippen molar-refractivity contribution in [1.82, 2.24) is 5.32 Å². The van der Waals surface area contributed by atoms with Crippen LogP contribution in [-0.4, -0.2) is 19.1 Å². The SMILES string of the molecule is O=C(/C=C/c1ccccc1)NCC#CCOc1cccc(C(F)(F)F)c1. The molecule has 1 amide bonds. The van der Waals surface area contributed by atoms with Gasteiger partial charge in [-0.25, -0.2) is 0 Å². The topological polar surface area (TPSA) is 38.3 Å². The summed E-state index contributed by atoms with van der Waals surface area (Å²) >= 11 is 0. The molecular weight excluding hydrogens is 343 g/mol. The van der Waals surface area contributed by atoms with Crippen molar-refractivity contribution in [3.8, 4) is 17.6 Å². The van der Waals surface area contributed by atoms with E-state index in [9.17, 15) is 18.0 Å². The van der Waals surface area contributed by atoms with E-state index in [0.717, 1.165) is 17.7 Å². The number of hydrogen-bond donors (Lipinski definition) is 1. The van der Waals surface area contributed by atoms with Crippen molar-refractivity contribution in [2.24, 2.45) is 0 Å². The van der Waals surface area contributed by atoms with E-state index in [1.807, 2.05) is 30.3 Å². The zero-order chi connectivity index (χ0) is 18.8. The van der Waals surface area contributed by atoms with E-state index in [0.29, 0.717) is 0 Å². The van der Waals surface area contributed by atoms with Crippen molar-refractivity contribution in [2.75, 3.05) is 13.2 Å². The molecule has 2 rings (SSSR count). The molecular formula is C20H16F3NO2. The molecule has 0 aliphatic carbocycles. The summed E-state index contributed by atoms with van der Waals surface area (Å²) in [5, 5.41) is 2.58. The van der Waals surface area contributed by atoms with E-state index in [4.69, 9.17) is 4.74 Å². The van der Waals surface area contributed by atoms with Gasteiger partial charge in [0.2, 0.25) is 5.91 Å². The van der Waals surface area contributed by atoms with Gasteiger partial charge in [-0.2, -0.15) is 13.2 Å². The van der Waals surface area contributed by atoms with Crippen LogP contribution in [0.3, 0.4) is 0 Å². The van der Waals surface area contributed by atoms with Crippen molar-refractivity contribution >= 4 is 12.0 Å². The maximum atomic E-state index is 12.6. The van der Waals surface area contributed by atoms with Gasteiger partial charge in [-0.3, -0.25) is 4.79 Å². The number of amides is 1. The molecule has 2 aromatic carbocycles. The van der Waals surface area contributed by atoms with E-state index < -0.39 is 11.7 Å². The number of benzene rings is 2. The Kier molecular flexibility index (Phi) is 6.86. The van der Waals surface area contributed by atoms with Crippen LogP contribution in [0.4, 0.5) is 13.2 Å². The van der Waals surface area contributed by atoms with Crippen LogP contribution in [0.15, 0.2) is 60.7 Å². The van der Waals surface area contributed by atoms with Crippen molar-refractivity contribution in [3.05, 3.63) is 71.8 Å². The van der Waals surface area contributed by atoms with Crippen LogP contribution < -0.4 is 10.1 Å². The number of alkyl halides is 3. The lowest BCUT2D eigenvalue weighted by Crippen LogP contribution is -2.21. The van der Waals surface area contributed by atoms with Crippen LogP contribution in [-0.2, 0) is 11.0 Å². The lowest BCUT2D eigenvalue weighted by Gasteiger charge is -2.08. The number of ether oxygens (including phenoxy) is 1. The largest absolute Gasteiger partial charge is 0.481 e. The van der Waals surface area contributed by atoms with Gasteiger partial charge in [-0.15, -0.1) is 0 Å². The highest BCUT2D eigenvalue weighted by Gasteiger charge is 2.30. The molecule has 3 nitrogen and oxygen atoms in total. The predicted octanol–water partition coefficient (Wildman–Crippen LogP) is 3.92. The van der Waals surface area contributed by atoms with Crippen LogP contribution in [0.25, 0.3) is 6.08 Å². The average Bonchev–Trinajstić information content (AvgIpc) is 2.63. The van der Waals surface area contributed by atoms with Crippen molar-refractivity contribution < 1.29 is 22.7 Å². The highest BCUT2D eigenvalue weighted by Crippen LogP contribution is 2.31. The van der Waals surface area contributed by atoms with Gasteiger partial charge in [-0.1, -0.05) is 48.2 Å². The number of hydrogen-bond acceptors (Lipinski definition) is 2. The van der Waals surface area contributed by atoms with E-state index in [-0.39, 0.29) is 24.8 Å². The average molecular weight is 359 g/mol. The van der Waals surface area contributed by atoms with E-state index in [1.165, 1.54) is 18.2 Å². The van der Waals surface area contributed by atoms with Crippen molar-refractivity contribution in [1.29, 1.82) is 0 Å². The molecule has 0 atom stereocenters. The van der Waals surface area contributed by atoms with Gasteiger partial charge in [0.15, 0.2) is 0 Å². The third kappa shape index (κ3) is 6.73. The van der Waals surface area contributed by atoms with Gasteiger partial charge in [0.1, 0.15) is 12.4 Å². The van der Waals surface area contributed by atoms with Crippen LogP contribution in [0.5, 0.6) is 5.75 Å². The Balaban J connectivity index is 1.72. The second-order valence-electron chi connectivity index (χ2n) is 5.13. The molecule has 0 spiro atoms. The minimum absolute atomic E-state index is 0.0724. The molecule has 0 bridgehead atoms. The molecule has 0 heterocycles. The molecule has 1 N–H and O–H groups in total. The summed E-state index contributed by atoms with van der Waals surface area (Å²) in [4.78, 5) is 11.6. The number of nitrogens with one attached hydrogen (secondary N) is 1. The highest BCUT2D eigenvalue weighted by molar-refractivity contribution is 5.91. The Bertz CT molecular complexity index is 818. The molecule has 0 aliphatic heterocycles. The zero-order valence-electron chi connectivity index (χ0n) is 13.7. The Morgan fingerprint density at radius 2 is 1.85 bits per heavy atom. The second kappa shape index (κ2) is 9.33. The van der Waals surface area contributed by atoms with E-state index in [2.05, 4.69) is 17.2 Å². The van der Waals surface area contributed by atoms with Crippen molar-refractivity contribution in [3.63, 3.8) is 0 Å². The molecule has 0 aliphatic rings. The van der Waals surface area contributed by atoms with Crippen LogP contribution in [0.2, 0.25) is 0 Å². The summed E-state index contributed by atoms with van der Waals surface area (Å²) in [5.41, 5.74) is 0.128. The normalized spacial score (nSPS) is 10.9. The fourth-order valence-corrected chi connectivity index (χ4v) is 1.92. The molecule has 0 aromatic heterocycles. The Hall–Kier alpha value is -3.20. The fourth-order valence-electron chi connectivity index (χ4n) is 1.92. The summed E-state index contributed by atoms with van der Waals surface area (Å²) in [5.74, 6) is 5.09. The van der Waals surface area contributed by atoms with E-state index in [1.54, 1.807) is 6.08 Å². The Morgan fingerprint density at radius 3 is 2.58 bits per heavy atom. The first-order chi connectivity index (χ1) is 12.4. The zero-order valence-corrected chi connectivity index (χ0v) is 13.7. The van der Waals surface area contributed by atoms with E-state index >= 15 is 0 Å². The van der Waals surface area contributed by atoms with Gasteiger partial charge < -0.3 is 10.1 Å². The number of carbonyl (C=O) groups excluding carboxylic acids is 1. The molecule has 0 saturated carbocycles. The van der Waals surface area contributed by atoms with Gasteiger partial charge in [-0.05, 0) is 29.8 Å². The highest BCUT2D eigenvalue weighted by atomic mass is 19.4. The first kappa shape index (κ1) is 19.1. The number of carbonyl (C=O) groups is 1. The summed E-state index contributed by atoms with van der Waals surface area (Å²) < 4.78 is 42.9. The van der Waals surface area contributed by atoms with Crippen LogP contribution in [0.1, 0.15) is 11.1 Å². The van der Waals surface area contributed by atoms with Gasteiger partial charge in [0.25, 0.3) is 0 Å². The molecule has 0 saturated heterocycles. The number of halogens is 3. The second-order valence-corrected chi connectivity index (χ2v) is 5.13. The molecule has 2 aromatic rings. The predicted molar refractivity (Wildman–Crippen MR) is 93.2 cm³/mol. The van der Waals surface area contributed by atoms with Gasteiger partial charge in [0, 0.05) is 6.08 Å². The third-order valence-corrected chi connectivity index (χ3v) is 3.18.